The highest BCUT2D eigenvalue weighted by Crippen LogP contribution is 2.11. The first kappa shape index (κ1) is 7.69. The first-order chi connectivity index (χ1) is 4.58. The molecule has 10 heavy (non-hydrogen) atoms. The molecule has 1 rings (SSSR count). The second kappa shape index (κ2) is 2.68. The number of hydrogen-bond donors (Lipinski definition) is 1. The Kier molecular flexibility index (Phi) is 2.06. The third-order valence-corrected chi connectivity index (χ3v) is 1.73. The van der Waals surface area contributed by atoms with Crippen molar-refractivity contribution in [1.82, 2.24) is 4.98 Å². The number of thiazole rings is 1. The first-order valence-electron chi connectivity index (χ1n) is 3.17. The van der Waals surface area contributed by atoms with E-state index in [-0.39, 0.29) is 0 Å². The molecule has 0 spiro atoms. The Morgan fingerprint density at radius 2 is 2.40 bits per heavy atom. The Morgan fingerprint density at radius 3 is 2.80 bits per heavy atom. The van der Waals surface area contributed by atoms with Gasteiger partial charge in [0.15, 0.2) is 0 Å². The molecular formula is C7H11NOS. The van der Waals surface area contributed by atoms with Crippen molar-refractivity contribution in [2.75, 3.05) is 0 Å². The van der Waals surface area contributed by atoms with E-state index in [2.05, 4.69) is 4.98 Å². The Bertz CT molecular complexity index is 188. The Balaban J connectivity index is 2.57. The molecule has 0 bridgehead atoms. The van der Waals surface area contributed by atoms with E-state index >= 15 is 0 Å². The van der Waals surface area contributed by atoms with Gasteiger partial charge in [0.1, 0.15) is 0 Å². The van der Waals surface area contributed by atoms with Gasteiger partial charge in [-0.05, 0) is 13.8 Å². The second-order valence-corrected chi connectivity index (χ2v) is 3.69. The minimum Gasteiger partial charge on any atom is -0.390 e. The molecule has 0 aliphatic rings. The number of aromatic nitrogens is 1. The van der Waals surface area contributed by atoms with Crippen LogP contribution in [0.4, 0.5) is 0 Å². The van der Waals surface area contributed by atoms with Gasteiger partial charge in [0.2, 0.25) is 0 Å². The van der Waals surface area contributed by atoms with E-state index in [1.165, 1.54) is 0 Å². The van der Waals surface area contributed by atoms with Crippen LogP contribution in [-0.2, 0) is 6.42 Å². The van der Waals surface area contributed by atoms with Crippen molar-refractivity contribution in [2.45, 2.75) is 25.9 Å². The summed E-state index contributed by atoms with van der Waals surface area (Å²) in [7, 11) is 0. The molecule has 1 N–H and O–H groups in total. The smallest absolute Gasteiger partial charge is 0.0794 e. The van der Waals surface area contributed by atoms with Gasteiger partial charge in [-0.2, -0.15) is 0 Å². The zero-order valence-corrected chi connectivity index (χ0v) is 6.98. The molecule has 0 aliphatic carbocycles. The average molecular weight is 157 g/mol. The molecule has 0 fully saturated rings. The summed E-state index contributed by atoms with van der Waals surface area (Å²) in [5.74, 6) is 0. The van der Waals surface area contributed by atoms with Gasteiger partial charge in [0, 0.05) is 11.8 Å². The molecule has 0 saturated heterocycles. The first-order valence-corrected chi connectivity index (χ1v) is 4.12. The highest BCUT2D eigenvalue weighted by atomic mass is 32.1. The van der Waals surface area contributed by atoms with E-state index in [1.807, 2.05) is 5.38 Å². The van der Waals surface area contributed by atoms with Crippen LogP contribution in [0.2, 0.25) is 0 Å². The van der Waals surface area contributed by atoms with Gasteiger partial charge in [-0.25, -0.2) is 4.98 Å². The summed E-state index contributed by atoms with van der Waals surface area (Å²) in [6.45, 7) is 3.57. The predicted molar refractivity (Wildman–Crippen MR) is 42.1 cm³/mol. The number of hydrogen-bond acceptors (Lipinski definition) is 3. The molecule has 0 aromatic carbocycles. The SMILES string of the molecule is CC(C)(O)Cc1cscn1. The summed E-state index contributed by atoms with van der Waals surface area (Å²) in [6.07, 6.45) is 0.635. The molecule has 1 aromatic rings. The Morgan fingerprint density at radius 1 is 1.70 bits per heavy atom. The van der Waals surface area contributed by atoms with E-state index in [0.29, 0.717) is 6.42 Å². The van der Waals surface area contributed by atoms with Crippen LogP contribution in [0, 0.1) is 0 Å². The van der Waals surface area contributed by atoms with Crippen LogP contribution in [0.1, 0.15) is 19.5 Å². The normalized spacial score (nSPS) is 11.9. The molecule has 0 amide bonds. The fourth-order valence-electron chi connectivity index (χ4n) is 0.768. The number of aliphatic hydroxyl groups is 1. The molecule has 1 aromatic heterocycles. The quantitative estimate of drug-likeness (QED) is 0.705. The van der Waals surface area contributed by atoms with Crippen LogP contribution in [0.15, 0.2) is 10.9 Å². The lowest BCUT2D eigenvalue weighted by Crippen LogP contribution is -2.21. The molecule has 2 nitrogen and oxygen atoms in total. The Labute approximate surface area is 64.5 Å². The van der Waals surface area contributed by atoms with Crippen LogP contribution >= 0.6 is 11.3 Å². The van der Waals surface area contributed by atoms with Crippen molar-refractivity contribution in [1.29, 1.82) is 0 Å². The molecule has 0 unspecified atom stereocenters. The third-order valence-electron chi connectivity index (χ3n) is 1.10. The zero-order chi connectivity index (χ0) is 7.61. The van der Waals surface area contributed by atoms with Gasteiger partial charge in [-0.3, -0.25) is 0 Å². The van der Waals surface area contributed by atoms with Gasteiger partial charge in [-0.1, -0.05) is 0 Å². The summed E-state index contributed by atoms with van der Waals surface area (Å²) in [5.41, 5.74) is 2.12. The number of nitrogens with zero attached hydrogens (tertiary/aromatic N) is 1. The van der Waals surface area contributed by atoms with E-state index in [1.54, 1.807) is 30.7 Å². The van der Waals surface area contributed by atoms with Crippen LogP contribution in [-0.4, -0.2) is 15.7 Å². The van der Waals surface area contributed by atoms with E-state index in [0.717, 1.165) is 5.69 Å². The summed E-state index contributed by atoms with van der Waals surface area (Å²) < 4.78 is 0. The predicted octanol–water partition coefficient (Wildman–Crippen LogP) is 1.46. The van der Waals surface area contributed by atoms with Gasteiger partial charge in [0.25, 0.3) is 0 Å². The molecule has 0 aliphatic heterocycles. The maximum absolute atomic E-state index is 9.35. The topological polar surface area (TPSA) is 33.1 Å². The van der Waals surface area contributed by atoms with Gasteiger partial charge >= 0.3 is 0 Å². The van der Waals surface area contributed by atoms with Crippen molar-refractivity contribution < 1.29 is 5.11 Å². The van der Waals surface area contributed by atoms with Crippen molar-refractivity contribution >= 4 is 11.3 Å². The van der Waals surface area contributed by atoms with Crippen molar-refractivity contribution in [2.24, 2.45) is 0 Å². The lowest BCUT2D eigenvalue weighted by molar-refractivity contribution is 0.0801. The molecular weight excluding hydrogens is 146 g/mol. The molecule has 0 radical (unpaired) electrons. The second-order valence-electron chi connectivity index (χ2n) is 2.97. The van der Waals surface area contributed by atoms with E-state index < -0.39 is 5.60 Å². The molecule has 1 heterocycles. The Hall–Kier alpha value is -0.410. The van der Waals surface area contributed by atoms with Crippen molar-refractivity contribution in [3.63, 3.8) is 0 Å². The summed E-state index contributed by atoms with van der Waals surface area (Å²) in [5, 5.41) is 11.3. The largest absolute Gasteiger partial charge is 0.390 e. The monoisotopic (exact) mass is 157 g/mol. The average Bonchev–Trinajstić information content (AvgIpc) is 2.12. The molecule has 56 valence electrons. The molecule has 0 atom stereocenters. The van der Waals surface area contributed by atoms with Crippen molar-refractivity contribution in [3.05, 3.63) is 16.6 Å². The fourth-order valence-corrected chi connectivity index (χ4v) is 1.33. The summed E-state index contributed by atoms with van der Waals surface area (Å²) in [6, 6.07) is 0. The number of rotatable bonds is 2. The minimum atomic E-state index is -0.631. The van der Waals surface area contributed by atoms with Crippen LogP contribution in [0.25, 0.3) is 0 Å². The highest BCUT2D eigenvalue weighted by Gasteiger charge is 2.13. The third kappa shape index (κ3) is 2.45. The van der Waals surface area contributed by atoms with Gasteiger partial charge < -0.3 is 5.11 Å². The van der Waals surface area contributed by atoms with Gasteiger partial charge in [0.05, 0.1) is 16.8 Å². The van der Waals surface area contributed by atoms with E-state index in [9.17, 15) is 5.11 Å². The van der Waals surface area contributed by atoms with Crippen LogP contribution in [0.5, 0.6) is 0 Å². The van der Waals surface area contributed by atoms with Crippen LogP contribution in [0.3, 0.4) is 0 Å². The zero-order valence-electron chi connectivity index (χ0n) is 6.16. The standard InChI is InChI=1S/C7H11NOS/c1-7(2,9)3-6-4-10-5-8-6/h4-5,9H,3H2,1-2H3. The van der Waals surface area contributed by atoms with Crippen molar-refractivity contribution in [3.8, 4) is 0 Å². The maximum atomic E-state index is 9.35. The lowest BCUT2D eigenvalue weighted by Gasteiger charge is -2.14. The summed E-state index contributed by atoms with van der Waals surface area (Å²) >= 11 is 1.56. The minimum absolute atomic E-state index is 0.631. The lowest BCUT2D eigenvalue weighted by atomic mass is 10.0. The highest BCUT2D eigenvalue weighted by molar-refractivity contribution is 7.07. The fraction of sp³-hybridized carbons (Fsp3) is 0.571. The van der Waals surface area contributed by atoms with E-state index in [4.69, 9.17) is 0 Å². The maximum Gasteiger partial charge on any atom is 0.0794 e. The summed E-state index contributed by atoms with van der Waals surface area (Å²) in [4.78, 5) is 4.06. The molecule has 0 saturated carbocycles. The molecule has 3 heteroatoms. The van der Waals surface area contributed by atoms with Crippen LogP contribution < -0.4 is 0 Å². The van der Waals surface area contributed by atoms with Gasteiger partial charge in [-0.15, -0.1) is 11.3 Å².